The Hall–Kier alpha value is -5.08. The lowest BCUT2D eigenvalue weighted by molar-refractivity contribution is 0.632. The summed E-state index contributed by atoms with van der Waals surface area (Å²) in [5.74, 6) is 0.292. The van der Waals surface area contributed by atoms with Crippen LogP contribution < -0.4 is 9.80 Å². The second-order valence-electron chi connectivity index (χ2n) is 12.3. The van der Waals surface area contributed by atoms with Crippen molar-refractivity contribution >= 4 is 34.1 Å². The summed E-state index contributed by atoms with van der Waals surface area (Å²) in [4.78, 5) is 4.84. The summed E-state index contributed by atoms with van der Waals surface area (Å²) in [6.07, 6.45) is 0. The van der Waals surface area contributed by atoms with E-state index in [4.69, 9.17) is 0 Å². The van der Waals surface area contributed by atoms with E-state index in [1.54, 1.807) is 0 Å². The summed E-state index contributed by atoms with van der Waals surface area (Å²) in [5.41, 5.74) is 15.1. The van der Waals surface area contributed by atoms with Crippen LogP contribution in [0.3, 0.4) is 0 Å². The van der Waals surface area contributed by atoms with Crippen molar-refractivity contribution in [1.29, 1.82) is 0 Å². The Kier molecular flexibility index (Phi) is 5.80. The minimum atomic E-state index is -0.141. The first-order valence-corrected chi connectivity index (χ1v) is 15.2. The first-order valence-electron chi connectivity index (χ1n) is 15.2. The molecule has 0 saturated carbocycles. The standard InChI is InChI=1S/C41H34N2/c1-28-33-18-10-12-20-37(33)42(31-14-6-4-7-15-31)38-24-22-29(26-34(28)38)30-23-25-40-36(27-30)41(2,3)35-19-11-13-21-39(35)43(40)32-16-8-5-9-17-32/h4-28H,1-3H3. The number of fused-ring (bicyclic) bond motifs is 4. The molecule has 0 radical (unpaired) electrons. The highest BCUT2D eigenvalue weighted by Gasteiger charge is 2.37. The first kappa shape index (κ1) is 25.6. The van der Waals surface area contributed by atoms with E-state index < -0.39 is 0 Å². The molecule has 0 spiro atoms. The lowest BCUT2D eigenvalue weighted by atomic mass is 9.72. The number of anilines is 6. The summed E-state index contributed by atoms with van der Waals surface area (Å²) >= 11 is 0. The highest BCUT2D eigenvalue weighted by molar-refractivity contribution is 5.89. The molecule has 2 aliphatic heterocycles. The van der Waals surface area contributed by atoms with E-state index in [0.29, 0.717) is 5.92 Å². The van der Waals surface area contributed by atoms with Crippen LogP contribution in [0.1, 0.15) is 48.9 Å². The molecule has 6 aromatic carbocycles. The van der Waals surface area contributed by atoms with Crippen LogP contribution in [0.2, 0.25) is 0 Å². The number of benzene rings is 6. The largest absolute Gasteiger partial charge is 0.310 e. The molecular formula is C41H34N2. The molecule has 1 atom stereocenters. The number of para-hydroxylation sites is 4. The fourth-order valence-electron chi connectivity index (χ4n) is 7.23. The summed E-state index contributed by atoms with van der Waals surface area (Å²) in [5, 5.41) is 0. The molecule has 8 rings (SSSR count). The zero-order chi connectivity index (χ0) is 29.1. The van der Waals surface area contributed by atoms with E-state index in [1.807, 2.05) is 0 Å². The molecule has 0 N–H and O–H groups in total. The predicted molar refractivity (Wildman–Crippen MR) is 181 cm³/mol. The van der Waals surface area contributed by atoms with Gasteiger partial charge in [0.15, 0.2) is 0 Å². The molecule has 208 valence electrons. The molecule has 2 heteroatoms. The summed E-state index contributed by atoms with van der Waals surface area (Å²) in [7, 11) is 0. The predicted octanol–water partition coefficient (Wildman–Crippen LogP) is 11.4. The van der Waals surface area contributed by atoms with Crippen LogP contribution in [0, 0.1) is 0 Å². The normalized spacial score (nSPS) is 16.1. The number of hydrogen-bond donors (Lipinski definition) is 0. The van der Waals surface area contributed by atoms with Gasteiger partial charge in [0.25, 0.3) is 0 Å². The molecule has 2 nitrogen and oxygen atoms in total. The van der Waals surface area contributed by atoms with Gasteiger partial charge in [-0.2, -0.15) is 0 Å². The second-order valence-corrected chi connectivity index (χ2v) is 12.3. The summed E-state index contributed by atoms with van der Waals surface area (Å²) in [6.45, 7) is 7.06. The summed E-state index contributed by atoms with van der Waals surface area (Å²) < 4.78 is 0. The number of nitrogens with zero attached hydrogens (tertiary/aromatic N) is 2. The molecule has 2 heterocycles. The van der Waals surface area contributed by atoms with Crippen LogP contribution in [0.15, 0.2) is 146 Å². The van der Waals surface area contributed by atoms with Gasteiger partial charge in [0.2, 0.25) is 0 Å². The minimum absolute atomic E-state index is 0.141. The molecular weight excluding hydrogens is 520 g/mol. The first-order chi connectivity index (χ1) is 21.0. The van der Waals surface area contributed by atoms with Gasteiger partial charge >= 0.3 is 0 Å². The third-order valence-electron chi connectivity index (χ3n) is 9.47. The molecule has 0 fully saturated rings. The van der Waals surface area contributed by atoms with Crippen molar-refractivity contribution in [2.24, 2.45) is 0 Å². The van der Waals surface area contributed by atoms with Crippen molar-refractivity contribution in [1.82, 2.24) is 0 Å². The summed E-state index contributed by atoms with van der Waals surface area (Å²) in [6, 6.07) is 53.3. The highest BCUT2D eigenvalue weighted by atomic mass is 15.2. The Bertz CT molecular complexity index is 1970. The lowest BCUT2D eigenvalue weighted by Gasteiger charge is -2.42. The van der Waals surface area contributed by atoms with Gasteiger partial charge < -0.3 is 9.80 Å². The quantitative estimate of drug-likeness (QED) is 0.215. The maximum Gasteiger partial charge on any atom is 0.0503 e. The molecule has 43 heavy (non-hydrogen) atoms. The molecule has 2 aliphatic rings. The molecule has 0 aromatic heterocycles. The van der Waals surface area contributed by atoms with Crippen molar-refractivity contribution in [3.05, 3.63) is 168 Å². The maximum absolute atomic E-state index is 2.43. The molecule has 0 bridgehead atoms. The SMILES string of the molecule is CC1c2ccccc2N(c2ccccc2)c2ccc(-c3ccc4c(c3)C(C)(C)c3ccccc3N4c3ccccc3)cc21. The Balaban J connectivity index is 1.28. The molecule has 6 aromatic rings. The maximum atomic E-state index is 2.43. The van der Waals surface area contributed by atoms with E-state index in [0.717, 1.165) is 0 Å². The average Bonchev–Trinajstić information content (AvgIpc) is 3.06. The van der Waals surface area contributed by atoms with Crippen molar-refractivity contribution < 1.29 is 0 Å². The van der Waals surface area contributed by atoms with Gasteiger partial charge in [-0.25, -0.2) is 0 Å². The van der Waals surface area contributed by atoms with Crippen molar-refractivity contribution in [2.45, 2.75) is 32.1 Å². The number of hydrogen-bond acceptors (Lipinski definition) is 2. The van der Waals surface area contributed by atoms with Crippen molar-refractivity contribution in [3.63, 3.8) is 0 Å². The lowest BCUT2D eigenvalue weighted by Crippen LogP contribution is -2.30. The van der Waals surface area contributed by atoms with E-state index in [2.05, 4.69) is 176 Å². The molecule has 0 amide bonds. The van der Waals surface area contributed by atoms with Gasteiger partial charge in [-0.05, 0) is 94.0 Å². The van der Waals surface area contributed by atoms with Gasteiger partial charge in [-0.1, -0.05) is 106 Å². The molecule has 0 aliphatic carbocycles. The zero-order valence-electron chi connectivity index (χ0n) is 24.8. The van der Waals surface area contributed by atoms with Gasteiger partial charge in [0, 0.05) is 34.1 Å². The topological polar surface area (TPSA) is 6.48 Å². The monoisotopic (exact) mass is 554 g/mol. The van der Waals surface area contributed by atoms with Crippen LogP contribution in [0.25, 0.3) is 11.1 Å². The average molecular weight is 555 g/mol. The third-order valence-corrected chi connectivity index (χ3v) is 9.47. The van der Waals surface area contributed by atoms with Gasteiger partial charge in [0.1, 0.15) is 0 Å². The molecule has 0 saturated heterocycles. The Morgan fingerprint density at radius 3 is 1.63 bits per heavy atom. The van der Waals surface area contributed by atoms with E-state index in [-0.39, 0.29) is 5.41 Å². The Labute approximate surface area is 254 Å². The Morgan fingerprint density at radius 1 is 0.442 bits per heavy atom. The smallest absolute Gasteiger partial charge is 0.0503 e. The van der Waals surface area contributed by atoms with Crippen LogP contribution in [-0.2, 0) is 5.41 Å². The van der Waals surface area contributed by atoms with Gasteiger partial charge in [-0.3, -0.25) is 0 Å². The van der Waals surface area contributed by atoms with Crippen LogP contribution in [0.4, 0.5) is 34.1 Å². The van der Waals surface area contributed by atoms with E-state index in [1.165, 1.54) is 67.5 Å². The minimum Gasteiger partial charge on any atom is -0.310 e. The highest BCUT2D eigenvalue weighted by Crippen LogP contribution is 2.53. The van der Waals surface area contributed by atoms with Gasteiger partial charge in [0.05, 0.1) is 11.4 Å². The second kappa shape index (κ2) is 9.74. The van der Waals surface area contributed by atoms with Crippen LogP contribution in [0.5, 0.6) is 0 Å². The Morgan fingerprint density at radius 2 is 0.930 bits per heavy atom. The van der Waals surface area contributed by atoms with Crippen molar-refractivity contribution in [3.8, 4) is 11.1 Å². The van der Waals surface area contributed by atoms with Crippen LogP contribution in [-0.4, -0.2) is 0 Å². The fourth-order valence-corrected chi connectivity index (χ4v) is 7.23. The zero-order valence-corrected chi connectivity index (χ0v) is 24.8. The number of rotatable bonds is 3. The van der Waals surface area contributed by atoms with Gasteiger partial charge in [-0.15, -0.1) is 0 Å². The van der Waals surface area contributed by atoms with Crippen molar-refractivity contribution in [2.75, 3.05) is 9.80 Å². The van der Waals surface area contributed by atoms with E-state index >= 15 is 0 Å². The van der Waals surface area contributed by atoms with Crippen LogP contribution >= 0.6 is 0 Å². The third kappa shape index (κ3) is 3.94. The fraction of sp³-hybridized carbons (Fsp3) is 0.122. The van der Waals surface area contributed by atoms with E-state index in [9.17, 15) is 0 Å². The molecule has 1 unspecified atom stereocenters.